The maximum Gasteiger partial charge on any atom is 0.251 e. The number of benzene rings is 1. The van der Waals surface area contributed by atoms with E-state index in [0.717, 1.165) is 21.4 Å². The van der Waals surface area contributed by atoms with E-state index >= 15 is 0 Å². The van der Waals surface area contributed by atoms with E-state index in [-0.39, 0.29) is 5.91 Å². The molecule has 0 aliphatic carbocycles. The molecule has 0 aliphatic rings. The third-order valence-corrected chi connectivity index (χ3v) is 4.05. The minimum absolute atomic E-state index is 0.0575. The van der Waals surface area contributed by atoms with Gasteiger partial charge in [0.15, 0.2) is 5.82 Å². The number of rotatable bonds is 4. The molecule has 0 fully saturated rings. The summed E-state index contributed by atoms with van der Waals surface area (Å²) in [6, 6.07) is 7.55. The number of amides is 1. The van der Waals surface area contributed by atoms with Crippen LogP contribution >= 0.6 is 11.3 Å². The van der Waals surface area contributed by atoms with E-state index in [1.165, 1.54) is 11.3 Å². The molecule has 0 aliphatic heterocycles. The van der Waals surface area contributed by atoms with Crippen LogP contribution in [-0.4, -0.2) is 32.3 Å². The van der Waals surface area contributed by atoms with E-state index < -0.39 is 0 Å². The van der Waals surface area contributed by atoms with E-state index in [9.17, 15) is 4.79 Å². The van der Waals surface area contributed by atoms with Gasteiger partial charge in [-0.05, 0) is 26.0 Å². The number of aromatic nitrogens is 4. The Morgan fingerprint density at radius 1 is 1.33 bits per heavy atom. The molecule has 6 nitrogen and oxygen atoms in total. The van der Waals surface area contributed by atoms with Crippen molar-refractivity contribution in [3.63, 3.8) is 0 Å². The molecule has 0 saturated carbocycles. The van der Waals surface area contributed by atoms with Crippen LogP contribution in [0.5, 0.6) is 0 Å². The smallest absolute Gasteiger partial charge is 0.251 e. The molecule has 1 aromatic carbocycles. The van der Waals surface area contributed by atoms with Crippen molar-refractivity contribution in [2.45, 2.75) is 20.3 Å². The van der Waals surface area contributed by atoms with Crippen molar-refractivity contribution in [2.75, 3.05) is 6.54 Å². The zero-order valence-electron chi connectivity index (χ0n) is 11.8. The lowest BCUT2D eigenvalue weighted by molar-refractivity contribution is 0.0954. The third kappa shape index (κ3) is 2.92. The lowest BCUT2D eigenvalue weighted by Gasteiger charge is -2.04. The summed E-state index contributed by atoms with van der Waals surface area (Å²) in [6.45, 7) is 4.39. The Balaban J connectivity index is 1.59. The van der Waals surface area contributed by atoms with Crippen molar-refractivity contribution in [3.05, 3.63) is 46.2 Å². The third-order valence-electron chi connectivity index (χ3n) is 3.09. The number of carbonyl (C=O) groups excluding carboxylic acids is 1. The largest absolute Gasteiger partial charge is 0.352 e. The van der Waals surface area contributed by atoms with Crippen LogP contribution < -0.4 is 5.32 Å². The zero-order chi connectivity index (χ0) is 14.8. The predicted octanol–water partition coefficient (Wildman–Crippen LogP) is 1.78. The molecule has 2 heterocycles. The fourth-order valence-electron chi connectivity index (χ4n) is 2.03. The van der Waals surface area contributed by atoms with Gasteiger partial charge in [-0.25, -0.2) is 0 Å². The predicted molar refractivity (Wildman–Crippen MR) is 80.6 cm³/mol. The normalized spacial score (nSPS) is 11.0. The SMILES string of the molecule is Cc1cccc(C(=O)NCCc2nn3c(C)nnc3s2)c1. The van der Waals surface area contributed by atoms with Gasteiger partial charge in [0, 0.05) is 18.5 Å². The lowest BCUT2D eigenvalue weighted by Crippen LogP contribution is -2.25. The number of carbonyl (C=O) groups is 1. The molecule has 1 N–H and O–H groups in total. The van der Waals surface area contributed by atoms with Crippen molar-refractivity contribution >= 4 is 22.2 Å². The van der Waals surface area contributed by atoms with Crippen LogP contribution in [0.4, 0.5) is 0 Å². The van der Waals surface area contributed by atoms with Gasteiger partial charge in [0.2, 0.25) is 4.96 Å². The molecule has 1 amide bonds. The average molecular weight is 301 g/mol. The average Bonchev–Trinajstić information content (AvgIpc) is 3.01. The maximum absolute atomic E-state index is 12.0. The van der Waals surface area contributed by atoms with Gasteiger partial charge < -0.3 is 5.32 Å². The molecule has 3 rings (SSSR count). The molecule has 0 bridgehead atoms. The zero-order valence-corrected chi connectivity index (χ0v) is 12.6. The Labute approximate surface area is 125 Å². The first kappa shape index (κ1) is 13.7. The minimum Gasteiger partial charge on any atom is -0.352 e. The summed E-state index contributed by atoms with van der Waals surface area (Å²) in [5.74, 6) is 0.717. The van der Waals surface area contributed by atoms with Gasteiger partial charge >= 0.3 is 0 Å². The standard InChI is InChI=1S/C14H15N5OS/c1-9-4-3-5-11(8-9)13(20)15-7-6-12-18-19-10(2)16-17-14(19)21-12/h3-5,8H,6-7H2,1-2H3,(H,15,20). The van der Waals surface area contributed by atoms with E-state index in [4.69, 9.17) is 0 Å². The summed E-state index contributed by atoms with van der Waals surface area (Å²) < 4.78 is 1.72. The van der Waals surface area contributed by atoms with Gasteiger partial charge in [-0.15, -0.1) is 10.2 Å². The van der Waals surface area contributed by atoms with Gasteiger partial charge in [0.1, 0.15) is 5.01 Å². The van der Waals surface area contributed by atoms with E-state index in [1.54, 1.807) is 4.52 Å². The Morgan fingerprint density at radius 2 is 2.19 bits per heavy atom. The monoisotopic (exact) mass is 301 g/mol. The van der Waals surface area contributed by atoms with Crippen molar-refractivity contribution < 1.29 is 4.79 Å². The van der Waals surface area contributed by atoms with Crippen LogP contribution in [0, 0.1) is 13.8 Å². The second kappa shape index (κ2) is 5.61. The topological polar surface area (TPSA) is 72.2 Å². The molecule has 108 valence electrons. The number of nitrogens with one attached hydrogen (secondary N) is 1. The Kier molecular flexibility index (Phi) is 3.66. The minimum atomic E-state index is -0.0575. The fraction of sp³-hybridized carbons (Fsp3) is 0.286. The first-order chi connectivity index (χ1) is 10.1. The number of aryl methyl sites for hydroxylation is 2. The van der Waals surface area contributed by atoms with Gasteiger partial charge in [0.25, 0.3) is 5.91 Å². The van der Waals surface area contributed by atoms with Crippen LogP contribution in [0.25, 0.3) is 4.96 Å². The molecular formula is C14H15N5OS. The second-order valence-corrected chi connectivity index (χ2v) is 5.85. The molecule has 2 aromatic heterocycles. The van der Waals surface area contributed by atoms with E-state index in [2.05, 4.69) is 20.6 Å². The van der Waals surface area contributed by atoms with Gasteiger partial charge in [-0.3, -0.25) is 4.79 Å². The molecule has 3 aromatic rings. The quantitative estimate of drug-likeness (QED) is 0.797. The van der Waals surface area contributed by atoms with Crippen molar-refractivity contribution in [2.24, 2.45) is 0 Å². The molecule has 7 heteroatoms. The Morgan fingerprint density at radius 3 is 2.95 bits per heavy atom. The van der Waals surface area contributed by atoms with E-state index in [0.29, 0.717) is 18.5 Å². The summed E-state index contributed by atoms with van der Waals surface area (Å²) in [6.07, 6.45) is 0.686. The van der Waals surface area contributed by atoms with Gasteiger partial charge in [-0.1, -0.05) is 29.0 Å². The summed E-state index contributed by atoms with van der Waals surface area (Å²) in [7, 11) is 0. The van der Waals surface area contributed by atoms with Gasteiger partial charge in [-0.2, -0.15) is 9.61 Å². The van der Waals surface area contributed by atoms with E-state index in [1.807, 2.05) is 38.1 Å². The molecule has 0 unspecified atom stereocenters. The molecule has 21 heavy (non-hydrogen) atoms. The summed E-state index contributed by atoms with van der Waals surface area (Å²) in [4.78, 5) is 12.8. The van der Waals surface area contributed by atoms with Crippen LogP contribution in [-0.2, 0) is 6.42 Å². The highest BCUT2D eigenvalue weighted by atomic mass is 32.1. The van der Waals surface area contributed by atoms with Crippen LogP contribution in [0.15, 0.2) is 24.3 Å². The molecule has 0 atom stereocenters. The fourth-order valence-corrected chi connectivity index (χ4v) is 2.91. The van der Waals surface area contributed by atoms with Crippen LogP contribution in [0.2, 0.25) is 0 Å². The highest BCUT2D eigenvalue weighted by Gasteiger charge is 2.09. The number of fused-ring (bicyclic) bond motifs is 1. The summed E-state index contributed by atoms with van der Waals surface area (Å²) in [5, 5.41) is 16.2. The number of nitrogens with zero attached hydrogens (tertiary/aromatic N) is 4. The highest BCUT2D eigenvalue weighted by Crippen LogP contribution is 2.13. The van der Waals surface area contributed by atoms with Crippen LogP contribution in [0.3, 0.4) is 0 Å². The first-order valence-corrected chi connectivity index (χ1v) is 7.48. The summed E-state index contributed by atoms with van der Waals surface area (Å²) >= 11 is 1.49. The molecule has 0 radical (unpaired) electrons. The van der Waals surface area contributed by atoms with Gasteiger partial charge in [0.05, 0.1) is 0 Å². The molecule has 0 saturated heterocycles. The molecular weight excluding hydrogens is 286 g/mol. The van der Waals surface area contributed by atoms with Crippen LogP contribution in [0.1, 0.15) is 26.8 Å². The Bertz CT molecular complexity index is 792. The summed E-state index contributed by atoms with van der Waals surface area (Å²) in [5.41, 5.74) is 1.76. The van der Waals surface area contributed by atoms with Crippen molar-refractivity contribution in [1.29, 1.82) is 0 Å². The van der Waals surface area contributed by atoms with Crippen molar-refractivity contribution in [1.82, 2.24) is 25.1 Å². The highest BCUT2D eigenvalue weighted by molar-refractivity contribution is 7.16. The number of hydrogen-bond acceptors (Lipinski definition) is 5. The molecule has 0 spiro atoms. The lowest BCUT2D eigenvalue weighted by atomic mass is 10.1. The first-order valence-electron chi connectivity index (χ1n) is 6.66. The van der Waals surface area contributed by atoms with Crippen molar-refractivity contribution in [3.8, 4) is 0 Å². The Hall–Kier alpha value is -2.28. The number of hydrogen-bond donors (Lipinski definition) is 1. The second-order valence-electron chi connectivity index (χ2n) is 4.81. The maximum atomic E-state index is 12.0.